The normalized spacial score (nSPS) is 15.5. The van der Waals surface area contributed by atoms with Crippen LogP contribution in [-0.2, 0) is 4.79 Å². The second-order valence-electron chi connectivity index (χ2n) is 6.23. The van der Waals surface area contributed by atoms with Crippen LogP contribution in [0.1, 0.15) is 70.6 Å². The Labute approximate surface area is 144 Å². The van der Waals surface area contributed by atoms with E-state index in [0.29, 0.717) is 13.0 Å². The zero-order valence-corrected chi connectivity index (χ0v) is 14.5. The lowest BCUT2D eigenvalue weighted by Gasteiger charge is -2.19. The van der Waals surface area contributed by atoms with Crippen molar-refractivity contribution in [1.29, 1.82) is 0 Å². The van der Waals surface area contributed by atoms with Crippen molar-refractivity contribution in [3.05, 3.63) is 12.2 Å². The summed E-state index contributed by atoms with van der Waals surface area (Å²) in [7, 11) is 0. The van der Waals surface area contributed by atoms with E-state index in [1.807, 2.05) is 0 Å². The predicted octanol–water partition coefficient (Wildman–Crippen LogP) is 1.99. The van der Waals surface area contributed by atoms with E-state index in [9.17, 15) is 15.0 Å². The Kier molecular flexibility index (Phi) is 15.0. The number of allylic oxidation sites excluding steroid dienone is 2. The zero-order chi connectivity index (χ0) is 18.2. The summed E-state index contributed by atoms with van der Waals surface area (Å²) in [4.78, 5) is 10.5. The molecule has 24 heavy (non-hydrogen) atoms. The van der Waals surface area contributed by atoms with E-state index in [-0.39, 0.29) is 6.42 Å². The molecule has 0 spiro atoms. The van der Waals surface area contributed by atoms with Crippen LogP contribution < -0.4 is 0 Å². The average Bonchev–Trinajstić information content (AvgIpc) is 2.57. The van der Waals surface area contributed by atoms with Gasteiger partial charge in [-0.3, -0.25) is 0 Å². The molecule has 0 fully saturated rings. The van der Waals surface area contributed by atoms with Crippen LogP contribution in [0.3, 0.4) is 0 Å². The number of hydrogen-bond donors (Lipinski definition) is 5. The highest BCUT2D eigenvalue weighted by atomic mass is 16.4. The molecule has 0 bridgehead atoms. The molecule has 0 aliphatic rings. The van der Waals surface area contributed by atoms with E-state index in [0.717, 1.165) is 32.1 Å². The van der Waals surface area contributed by atoms with Crippen LogP contribution >= 0.6 is 0 Å². The maximum absolute atomic E-state index is 10.5. The molecule has 6 nitrogen and oxygen atoms in total. The fourth-order valence-corrected chi connectivity index (χ4v) is 2.46. The summed E-state index contributed by atoms with van der Waals surface area (Å²) in [6.07, 6.45) is 10.0. The van der Waals surface area contributed by atoms with Crippen LogP contribution in [0.5, 0.6) is 0 Å². The number of aliphatic hydroxyl groups is 4. The molecule has 0 saturated heterocycles. The Bertz CT molecular complexity index is 331. The molecule has 142 valence electrons. The third-order valence-electron chi connectivity index (χ3n) is 4.04. The van der Waals surface area contributed by atoms with E-state index in [2.05, 4.69) is 12.2 Å². The van der Waals surface area contributed by atoms with E-state index in [1.165, 1.54) is 25.7 Å². The number of hydrogen-bond acceptors (Lipinski definition) is 5. The maximum atomic E-state index is 10.5. The molecule has 0 aromatic carbocycles. The lowest BCUT2D eigenvalue weighted by molar-refractivity contribution is -0.158. The highest BCUT2D eigenvalue weighted by Gasteiger charge is 2.29. The van der Waals surface area contributed by atoms with Gasteiger partial charge in [0.25, 0.3) is 0 Å². The Morgan fingerprint density at radius 1 is 0.792 bits per heavy atom. The van der Waals surface area contributed by atoms with Crippen molar-refractivity contribution in [2.75, 3.05) is 6.61 Å². The van der Waals surface area contributed by atoms with Crippen molar-refractivity contribution < 1.29 is 30.3 Å². The monoisotopic (exact) mass is 346 g/mol. The fourth-order valence-electron chi connectivity index (χ4n) is 2.46. The molecular formula is C18H34O6. The second-order valence-corrected chi connectivity index (χ2v) is 6.23. The van der Waals surface area contributed by atoms with Crippen LogP contribution in [0.15, 0.2) is 12.2 Å². The van der Waals surface area contributed by atoms with Crippen molar-refractivity contribution in [2.45, 2.75) is 88.9 Å². The molecule has 6 heteroatoms. The van der Waals surface area contributed by atoms with E-state index in [1.54, 1.807) is 0 Å². The number of carboxylic acids is 1. The third-order valence-corrected chi connectivity index (χ3v) is 4.04. The molecule has 0 heterocycles. The Hall–Kier alpha value is -0.950. The molecule has 0 amide bonds. The summed E-state index contributed by atoms with van der Waals surface area (Å²) >= 11 is 0. The number of unbranched alkanes of at least 4 members (excludes halogenated alkanes) is 8. The van der Waals surface area contributed by atoms with E-state index >= 15 is 0 Å². The zero-order valence-electron chi connectivity index (χ0n) is 14.5. The van der Waals surface area contributed by atoms with Gasteiger partial charge in [-0.15, -0.1) is 0 Å². The van der Waals surface area contributed by atoms with Gasteiger partial charge in [0, 0.05) is 6.61 Å². The minimum atomic E-state index is -1.94. The van der Waals surface area contributed by atoms with Gasteiger partial charge >= 0.3 is 5.97 Å². The highest BCUT2D eigenvalue weighted by molar-refractivity contribution is 5.72. The molecule has 3 atom stereocenters. The van der Waals surface area contributed by atoms with Gasteiger partial charge in [0.2, 0.25) is 0 Å². The molecule has 0 aliphatic heterocycles. The molecular weight excluding hydrogens is 312 g/mol. The quantitative estimate of drug-likeness (QED) is 0.215. The van der Waals surface area contributed by atoms with E-state index in [4.69, 9.17) is 15.3 Å². The summed E-state index contributed by atoms with van der Waals surface area (Å²) in [5.74, 6) is -1.53. The maximum Gasteiger partial charge on any atom is 0.335 e. The summed E-state index contributed by atoms with van der Waals surface area (Å²) < 4.78 is 0. The van der Waals surface area contributed by atoms with Crippen molar-refractivity contribution in [3.63, 3.8) is 0 Å². The van der Waals surface area contributed by atoms with Crippen molar-refractivity contribution in [3.8, 4) is 0 Å². The van der Waals surface area contributed by atoms with Gasteiger partial charge in [-0.2, -0.15) is 0 Å². The summed E-state index contributed by atoms with van der Waals surface area (Å²) in [5.41, 5.74) is 0. The first-order valence-electron chi connectivity index (χ1n) is 9.03. The molecule has 0 aromatic heterocycles. The average molecular weight is 346 g/mol. The number of carboxylic acid groups (broad SMARTS) is 1. The Morgan fingerprint density at radius 3 is 1.83 bits per heavy atom. The lowest BCUT2D eigenvalue weighted by atomic mass is 10.0. The van der Waals surface area contributed by atoms with Crippen molar-refractivity contribution in [2.24, 2.45) is 0 Å². The predicted molar refractivity (Wildman–Crippen MR) is 92.7 cm³/mol. The largest absolute Gasteiger partial charge is 0.479 e. The molecule has 0 saturated carbocycles. The molecule has 0 aromatic rings. The second kappa shape index (κ2) is 15.6. The van der Waals surface area contributed by atoms with Gasteiger partial charge in [-0.05, 0) is 38.5 Å². The first-order valence-corrected chi connectivity index (χ1v) is 9.03. The lowest BCUT2D eigenvalue weighted by Crippen LogP contribution is -2.42. The minimum absolute atomic E-state index is 0.271. The SMILES string of the molecule is O=C(O)C(O)C(O)C(O)CCCCC=CCCCCCCCCO. The third kappa shape index (κ3) is 12.5. The van der Waals surface area contributed by atoms with E-state index < -0.39 is 24.3 Å². The Balaban J connectivity index is 3.47. The summed E-state index contributed by atoms with van der Waals surface area (Å²) in [6.45, 7) is 0.291. The summed E-state index contributed by atoms with van der Waals surface area (Å²) in [5, 5.41) is 45.4. The van der Waals surface area contributed by atoms with Crippen molar-refractivity contribution in [1.82, 2.24) is 0 Å². The van der Waals surface area contributed by atoms with Gasteiger partial charge in [0.15, 0.2) is 6.10 Å². The fraction of sp³-hybridized carbons (Fsp3) is 0.833. The topological polar surface area (TPSA) is 118 Å². The van der Waals surface area contributed by atoms with Crippen molar-refractivity contribution >= 4 is 5.97 Å². The number of rotatable bonds is 16. The van der Waals surface area contributed by atoms with Gasteiger partial charge in [-0.25, -0.2) is 4.79 Å². The van der Waals surface area contributed by atoms with Gasteiger partial charge in [0.1, 0.15) is 6.10 Å². The first-order chi connectivity index (χ1) is 11.5. The smallest absolute Gasteiger partial charge is 0.335 e. The minimum Gasteiger partial charge on any atom is -0.479 e. The number of aliphatic hydroxyl groups excluding tert-OH is 4. The van der Waals surface area contributed by atoms with Crippen LogP contribution in [0, 0.1) is 0 Å². The van der Waals surface area contributed by atoms with Crippen LogP contribution in [0.4, 0.5) is 0 Å². The Morgan fingerprint density at radius 2 is 1.29 bits per heavy atom. The first kappa shape index (κ1) is 23.1. The van der Waals surface area contributed by atoms with Gasteiger partial charge in [-0.1, -0.05) is 44.3 Å². The molecule has 0 aliphatic carbocycles. The van der Waals surface area contributed by atoms with Gasteiger partial charge < -0.3 is 25.5 Å². The standard InChI is InChI=1S/C18H34O6/c19-14-12-10-8-6-4-2-1-3-5-7-9-11-13-15(20)16(21)17(22)18(23)24/h3,5,15-17,19-22H,1-2,4,6-14H2,(H,23,24). The van der Waals surface area contributed by atoms with Gasteiger partial charge in [0.05, 0.1) is 6.10 Å². The van der Waals surface area contributed by atoms with Crippen LogP contribution in [-0.4, -0.2) is 56.4 Å². The number of aliphatic carboxylic acids is 1. The highest BCUT2D eigenvalue weighted by Crippen LogP contribution is 2.11. The summed E-state index contributed by atoms with van der Waals surface area (Å²) in [6, 6.07) is 0. The molecule has 3 unspecified atom stereocenters. The molecule has 0 rings (SSSR count). The van der Waals surface area contributed by atoms with Crippen LogP contribution in [0.25, 0.3) is 0 Å². The molecule has 5 N–H and O–H groups in total. The van der Waals surface area contributed by atoms with Crippen LogP contribution in [0.2, 0.25) is 0 Å². The molecule has 0 radical (unpaired) electrons. The number of carbonyl (C=O) groups is 1.